The van der Waals surface area contributed by atoms with E-state index in [4.69, 9.17) is 0 Å². The summed E-state index contributed by atoms with van der Waals surface area (Å²) >= 11 is 2.56. The fourth-order valence-electron chi connectivity index (χ4n) is 2.62. The maximum atomic E-state index is 12.9. The molecule has 0 saturated heterocycles. The summed E-state index contributed by atoms with van der Waals surface area (Å²) in [6.07, 6.45) is 2.80. The van der Waals surface area contributed by atoms with Crippen LogP contribution in [-0.4, -0.2) is 47.5 Å². The summed E-state index contributed by atoms with van der Waals surface area (Å²) in [6.45, 7) is 6.90. The molecule has 162 valence electrons. The Labute approximate surface area is 182 Å². The molecule has 0 aliphatic rings. The zero-order valence-corrected chi connectivity index (χ0v) is 19.0. The van der Waals surface area contributed by atoms with Crippen LogP contribution in [0.5, 0.6) is 0 Å². The molecule has 1 aromatic heterocycles. The van der Waals surface area contributed by atoms with Crippen molar-refractivity contribution in [3.05, 3.63) is 46.5 Å². The fraction of sp³-hybridized carbons (Fsp3) is 0.353. The van der Waals surface area contributed by atoms with Crippen molar-refractivity contribution in [3.8, 4) is 0 Å². The molecule has 0 radical (unpaired) electrons. The topological polar surface area (TPSA) is 135 Å². The van der Waals surface area contributed by atoms with Gasteiger partial charge < -0.3 is 0 Å². The largest absolute Gasteiger partial charge is 0.299 e. The van der Waals surface area contributed by atoms with Gasteiger partial charge in [-0.15, -0.1) is 16.8 Å². The number of anilines is 2. The monoisotopic (exact) mass is 471 g/mol. The van der Waals surface area contributed by atoms with E-state index in [0.29, 0.717) is 15.7 Å². The van der Waals surface area contributed by atoms with E-state index in [1.54, 1.807) is 19.9 Å². The Hall–Kier alpha value is -2.51. The number of rotatable bonds is 10. The molecule has 2 aromatic rings. The predicted octanol–water partition coefficient (Wildman–Crippen LogP) is 3.22. The Kier molecular flexibility index (Phi) is 7.92. The normalized spacial score (nSPS) is 12.2. The van der Waals surface area contributed by atoms with E-state index < -0.39 is 26.9 Å². The third-order valence-corrected chi connectivity index (χ3v) is 7.07. The number of carbonyl (C=O) groups excluding carboxylic acids is 1. The number of sulfonamides is 1. The highest BCUT2D eigenvalue weighted by Gasteiger charge is 2.33. The van der Waals surface area contributed by atoms with E-state index in [1.165, 1.54) is 23.9 Å². The van der Waals surface area contributed by atoms with Gasteiger partial charge in [0.1, 0.15) is 6.04 Å². The number of hydrogen-bond donors (Lipinski definition) is 1. The first-order valence-corrected chi connectivity index (χ1v) is 12.4. The SMILES string of the molecule is C=CCSc1nnc(NC(=O)C(CC)N(c2cc([N+](=O)[O-])ccc2C)S(C)(=O)=O)s1. The first-order chi connectivity index (χ1) is 14.1. The highest BCUT2D eigenvalue weighted by molar-refractivity contribution is 8.01. The number of hydrogen-bond acceptors (Lipinski definition) is 9. The molecule has 0 aliphatic carbocycles. The van der Waals surface area contributed by atoms with Gasteiger partial charge in [-0.25, -0.2) is 8.42 Å². The molecule has 2 rings (SSSR count). The predicted molar refractivity (Wildman–Crippen MR) is 119 cm³/mol. The first-order valence-electron chi connectivity index (χ1n) is 8.71. The van der Waals surface area contributed by atoms with Crippen molar-refractivity contribution in [2.45, 2.75) is 30.6 Å². The first kappa shape index (κ1) is 23.8. The number of non-ortho nitro benzene ring substituents is 1. The smallest absolute Gasteiger partial charge is 0.271 e. The quantitative estimate of drug-likeness (QED) is 0.183. The van der Waals surface area contributed by atoms with Gasteiger partial charge in [-0.3, -0.25) is 24.5 Å². The van der Waals surface area contributed by atoms with E-state index >= 15 is 0 Å². The number of amides is 1. The molecule has 30 heavy (non-hydrogen) atoms. The van der Waals surface area contributed by atoms with Crippen LogP contribution in [-0.2, 0) is 14.8 Å². The zero-order chi connectivity index (χ0) is 22.5. The maximum Gasteiger partial charge on any atom is 0.271 e. The molecule has 1 heterocycles. The van der Waals surface area contributed by atoms with Crippen molar-refractivity contribution in [2.24, 2.45) is 0 Å². The maximum absolute atomic E-state index is 12.9. The molecular formula is C17H21N5O5S3. The van der Waals surface area contributed by atoms with Crippen molar-refractivity contribution in [1.29, 1.82) is 0 Å². The lowest BCUT2D eigenvalue weighted by Crippen LogP contribution is -2.47. The fourth-order valence-corrected chi connectivity index (χ4v) is 5.40. The van der Waals surface area contributed by atoms with Gasteiger partial charge in [0.05, 0.1) is 16.9 Å². The third kappa shape index (κ3) is 5.77. The van der Waals surface area contributed by atoms with Gasteiger partial charge in [0.2, 0.25) is 21.1 Å². The average Bonchev–Trinajstić information content (AvgIpc) is 3.11. The molecule has 1 amide bonds. The second-order valence-corrected chi connectivity index (χ2v) is 10.3. The lowest BCUT2D eigenvalue weighted by molar-refractivity contribution is -0.384. The highest BCUT2D eigenvalue weighted by atomic mass is 32.2. The Balaban J connectivity index is 2.39. The average molecular weight is 472 g/mol. The van der Waals surface area contributed by atoms with Crippen LogP contribution >= 0.6 is 23.1 Å². The molecule has 1 unspecified atom stereocenters. The molecule has 1 N–H and O–H groups in total. The molecule has 0 saturated carbocycles. The summed E-state index contributed by atoms with van der Waals surface area (Å²) in [5, 5.41) is 21.8. The minimum atomic E-state index is -3.94. The second-order valence-electron chi connectivity index (χ2n) is 6.17. The van der Waals surface area contributed by atoms with Gasteiger partial charge in [-0.2, -0.15) is 0 Å². The number of carbonyl (C=O) groups is 1. The Morgan fingerprint density at radius 3 is 2.73 bits per heavy atom. The molecule has 10 nitrogen and oxygen atoms in total. The summed E-state index contributed by atoms with van der Waals surface area (Å²) in [5.41, 5.74) is 0.289. The van der Waals surface area contributed by atoms with E-state index in [-0.39, 0.29) is 22.9 Å². The van der Waals surface area contributed by atoms with Crippen LogP contribution < -0.4 is 9.62 Å². The highest BCUT2D eigenvalue weighted by Crippen LogP contribution is 2.31. The molecule has 1 atom stereocenters. The lowest BCUT2D eigenvalue weighted by atomic mass is 10.1. The van der Waals surface area contributed by atoms with Gasteiger partial charge in [-0.05, 0) is 18.9 Å². The molecule has 1 aromatic carbocycles. The Bertz CT molecular complexity index is 1050. The zero-order valence-electron chi connectivity index (χ0n) is 16.6. The molecular weight excluding hydrogens is 450 g/mol. The number of benzene rings is 1. The second kappa shape index (κ2) is 10.00. The van der Waals surface area contributed by atoms with Crippen molar-refractivity contribution < 1.29 is 18.1 Å². The van der Waals surface area contributed by atoms with E-state index in [0.717, 1.165) is 28.0 Å². The van der Waals surface area contributed by atoms with Gasteiger partial charge in [0.25, 0.3) is 5.69 Å². The van der Waals surface area contributed by atoms with Crippen LogP contribution in [0.25, 0.3) is 0 Å². The van der Waals surface area contributed by atoms with Crippen LogP contribution in [0, 0.1) is 17.0 Å². The number of nitro groups is 1. The van der Waals surface area contributed by atoms with Crippen molar-refractivity contribution >= 4 is 55.5 Å². The van der Waals surface area contributed by atoms with Crippen LogP contribution in [0.15, 0.2) is 35.2 Å². The minimum absolute atomic E-state index is 0.0770. The summed E-state index contributed by atoms with van der Waals surface area (Å²) in [6, 6.07) is 2.75. The Morgan fingerprint density at radius 2 is 2.17 bits per heavy atom. The Morgan fingerprint density at radius 1 is 1.47 bits per heavy atom. The molecule has 0 fully saturated rings. The molecule has 13 heteroatoms. The number of thioether (sulfide) groups is 1. The number of nitrogens with one attached hydrogen (secondary N) is 1. The van der Waals surface area contributed by atoms with Crippen molar-refractivity contribution in [2.75, 3.05) is 21.6 Å². The van der Waals surface area contributed by atoms with Gasteiger partial charge in [0, 0.05) is 17.9 Å². The summed E-state index contributed by atoms with van der Waals surface area (Å²) in [5.74, 6) is 0.0268. The van der Waals surface area contributed by atoms with E-state index in [1.807, 2.05) is 0 Å². The number of nitro benzene ring substituents is 1. The third-order valence-electron chi connectivity index (χ3n) is 3.93. The van der Waals surface area contributed by atoms with Crippen LogP contribution in [0.1, 0.15) is 18.9 Å². The van der Waals surface area contributed by atoms with Crippen LogP contribution in [0.2, 0.25) is 0 Å². The van der Waals surface area contributed by atoms with Gasteiger partial charge in [0.15, 0.2) is 4.34 Å². The summed E-state index contributed by atoms with van der Waals surface area (Å²) < 4.78 is 26.7. The van der Waals surface area contributed by atoms with Gasteiger partial charge >= 0.3 is 0 Å². The van der Waals surface area contributed by atoms with E-state index in [9.17, 15) is 23.3 Å². The minimum Gasteiger partial charge on any atom is -0.299 e. The number of aromatic nitrogens is 2. The molecule has 0 bridgehead atoms. The van der Waals surface area contributed by atoms with Crippen molar-refractivity contribution in [1.82, 2.24) is 10.2 Å². The summed E-state index contributed by atoms with van der Waals surface area (Å²) in [4.78, 5) is 23.5. The standard InChI is InChI=1S/C17H21N5O5S3/c1-5-9-28-17-20-19-16(29-17)18-15(23)13(6-2)21(30(4,26)27)14-10-12(22(24)25)8-7-11(14)3/h5,7-8,10,13H,1,6,9H2,2-4H3,(H,18,19,23). The molecule has 0 spiro atoms. The van der Waals surface area contributed by atoms with Crippen LogP contribution in [0.4, 0.5) is 16.5 Å². The van der Waals surface area contributed by atoms with Crippen LogP contribution in [0.3, 0.4) is 0 Å². The van der Waals surface area contributed by atoms with Crippen molar-refractivity contribution in [3.63, 3.8) is 0 Å². The number of aryl methyl sites for hydroxylation is 1. The lowest BCUT2D eigenvalue weighted by Gasteiger charge is -2.30. The van der Waals surface area contributed by atoms with E-state index in [2.05, 4.69) is 22.1 Å². The molecule has 0 aliphatic heterocycles. The summed E-state index contributed by atoms with van der Waals surface area (Å²) in [7, 11) is -3.94. The van der Waals surface area contributed by atoms with Gasteiger partial charge in [-0.1, -0.05) is 42.2 Å². The number of nitrogens with zero attached hydrogens (tertiary/aromatic N) is 4.